The van der Waals surface area contributed by atoms with Crippen LogP contribution in [0.5, 0.6) is 17.2 Å². The maximum absolute atomic E-state index is 12.6. The van der Waals surface area contributed by atoms with Crippen molar-refractivity contribution in [2.75, 3.05) is 20.3 Å². The second-order valence-corrected chi connectivity index (χ2v) is 7.21. The molecule has 0 radical (unpaired) electrons. The van der Waals surface area contributed by atoms with Gasteiger partial charge < -0.3 is 19.5 Å². The lowest BCUT2D eigenvalue weighted by molar-refractivity contribution is -0.122. The van der Waals surface area contributed by atoms with E-state index in [1.165, 1.54) is 0 Å². The zero-order valence-corrected chi connectivity index (χ0v) is 18.2. The molecule has 5 heteroatoms. The number of ether oxygens (including phenoxy) is 3. The molecule has 2 aromatic rings. The van der Waals surface area contributed by atoms with Crippen molar-refractivity contribution >= 4 is 5.91 Å². The summed E-state index contributed by atoms with van der Waals surface area (Å²) < 4.78 is 16.6. The molecule has 0 aromatic heterocycles. The van der Waals surface area contributed by atoms with Gasteiger partial charge in [0.1, 0.15) is 5.75 Å². The molecule has 1 N–H and O–H groups in total. The maximum atomic E-state index is 12.6. The third-order valence-electron chi connectivity index (χ3n) is 4.68. The molecule has 0 fully saturated rings. The first-order valence-corrected chi connectivity index (χ1v) is 10.3. The first-order chi connectivity index (χ1) is 14.0. The zero-order chi connectivity index (χ0) is 21.2. The van der Waals surface area contributed by atoms with Crippen LogP contribution < -0.4 is 19.5 Å². The molecule has 1 unspecified atom stereocenters. The predicted octanol–water partition coefficient (Wildman–Crippen LogP) is 4.94. The Kier molecular flexibility index (Phi) is 8.84. The van der Waals surface area contributed by atoms with Gasteiger partial charge in [-0.15, -0.1) is 0 Å². The van der Waals surface area contributed by atoms with E-state index in [0.29, 0.717) is 31.8 Å². The molecule has 158 valence electrons. The molecule has 2 aromatic carbocycles. The van der Waals surface area contributed by atoms with Gasteiger partial charge in [0, 0.05) is 6.42 Å². The van der Waals surface area contributed by atoms with Crippen LogP contribution in [0.15, 0.2) is 42.5 Å². The Morgan fingerprint density at radius 1 is 1.00 bits per heavy atom. The number of aryl methyl sites for hydroxylation is 1. The summed E-state index contributed by atoms with van der Waals surface area (Å²) in [6.45, 7) is 9.23. The molecule has 0 saturated heterocycles. The van der Waals surface area contributed by atoms with Gasteiger partial charge >= 0.3 is 0 Å². The second-order valence-electron chi connectivity index (χ2n) is 7.21. The summed E-state index contributed by atoms with van der Waals surface area (Å²) in [5.74, 6) is 2.51. The van der Waals surface area contributed by atoms with Gasteiger partial charge in [0.25, 0.3) is 0 Å². The highest BCUT2D eigenvalue weighted by molar-refractivity contribution is 5.76. The van der Waals surface area contributed by atoms with E-state index in [-0.39, 0.29) is 17.9 Å². The van der Waals surface area contributed by atoms with Crippen LogP contribution >= 0.6 is 0 Å². The van der Waals surface area contributed by atoms with Crippen molar-refractivity contribution in [3.63, 3.8) is 0 Å². The van der Waals surface area contributed by atoms with Crippen LogP contribution in [0.4, 0.5) is 0 Å². The summed E-state index contributed by atoms with van der Waals surface area (Å²) in [6, 6.07) is 13.6. The molecule has 0 aliphatic heterocycles. The summed E-state index contributed by atoms with van der Waals surface area (Å²) in [4.78, 5) is 12.6. The number of carbonyl (C=O) groups excluding carboxylic acids is 1. The normalized spacial score (nSPS) is 11.8. The van der Waals surface area contributed by atoms with E-state index >= 15 is 0 Å². The van der Waals surface area contributed by atoms with Crippen LogP contribution in [0, 0.1) is 5.92 Å². The number of carbonyl (C=O) groups is 1. The summed E-state index contributed by atoms with van der Waals surface area (Å²) in [5, 5.41) is 3.19. The fourth-order valence-corrected chi connectivity index (χ4v) is 3.23. The number of methoxy groups -OCH3 is 1. The highest BCUT2D eigenvalue weighted by atomic mass is 16.5. The van der Waals surface area contributed by atoms with Gasteiger partial charge in [-0.05, 0) is 61.6 Å². The molecule has 0 aliphatic rings. The molecular weight excluding hydrogens is 366 g/mol. The Morgan fingerprint density at radius 3 is 2.38 bits per heavy atom. The van der Waals surface area contributed by atoms with Gasteiger partial charge in [-0.3, -0.25) is 4.79 Å². The molecule has 1 atom stereocenters. The van der Waals surface area contributed by atoms with Gasteiger partial charge in [-0.25, -0.2) is 0 Å². The number of nitrogens with one attached hydrogen (secondary N) is 1. The maximum Gasteiger partial charge on any atom is 0.220 e. The molecule has 0 spiro atoms. The van der Waals surface area contributed by atoms with Gasteiger partial charge in [-0.2, -0.15) is 0 Å². The first kappa shape index (κ1) is 22.6. The lowest BCUT2D eigenvalue weighted by atomic mass is 9.95. The van der Waals surface area contributed by atoms with Gasteiger partial charge in [0.05, 0.1) is 26.4 Å². The topological polar surface area (TPSA) is 56.8 Å². The third kappa shape index (κ3) is 6.70. The summed E-state index contributed by atoms with van der Waals surface area (Å²) >= 11 is 0. The Morgan fingerprint density at radius 2 is 1.72 bits per heavy atom. The lowest BCUT2D eigenvalue weighted by Gasteiger charge is -2.24. The minimum absolute atomic E-state index is 0.0263. The highest BCUT2D eigenvalue weighted by Gasteiger charge is 2.20. The Labute approximate surface area is 174 Å². The average Bonchev–Trinajstić information content (AvgIpc) is 2.72. The van der Waals surface area contributed by atoms with E-state index in [4.69, 9.17) is 14.2 Å². The van der Waals surface area contributed by atoms with Crippen molar-refractivity contribution in [1.82, 2.24) is 5.32 Å². The first-order valence-electron chi connectivity index (χ1n) is 10.3. The molecule has 0 saturated carbocycles. The highest BCUT2D eigenvalue weighted by Crippen LogP contribution is 2.33. The van der Waals surface area contributed by atoms with Crippen molar-refractivity contribution in [2.24, 2.45) is 5.92 Å². The van der Waals surface area contributed by atoms with Crippen LogP contribution in [0.25, 0.3) is 0 Å². The molecule has 0 aliphatic carbocycles. The average molecular weight is 400 g/mol. The second kappa shape index (κ2) is 11.3. The number of amides is 1. The Bertz CT molecular complexity index is 788. The van der Waals surface area contributed by atoms with Gasteiger partial charge in [-0.1, -0.05) is 32.0 Å². The molecule has 0 bridgehead atoms. The Balaban J connectivity index is 2.08. The van der Waals surface area contributed by atoms with Crippen molar-refractivity contribution in [3.8, 4) is 17.2 Å². The van der Waals surface area contributed by atoms with E-state index in [0.717, 1.165) is 22.6 Å². The molecular formula is C24H33NO4. The standard InChI is InChI=1S/C24H33NO4/c1-6-28-21-13-12-19(16-22(21)29-7-2)24(17(3)4)25-23(26)14-11-18-9-8-10-20(15-18)27-5/h8-10,12-13,15-17,24H,6-7,11,14H2,1-5H3,(H,25,26). The fraction of sp³-hybridized carbons (Fsp3) is 0.458. The molecule has 29 heavy (non-hydrogen) atoms. The molecule has 5 nitrogen and oxygen atoms in total. The molecule has 2 rings (SSSR count). The number of rotatable bonds is 11. The number of hydrogen-bond donors (Lipinski definition) is 1. The SMILES string of the molecule is CCOc1ccc(C(NC(=O)CCc2cccc(OC)c2)C(C)C)cc1OCC. The molecule has 0 heterocycles. The smallest absolute Gasteiger partial charge is 0.220 e. The molecule has 1 amide bonds. The quantitative estimate of drug-likeness (QED) is 0.581. The van der Waals surface area contributed by atoms with Crippen molar-refractivity contribution < 1.29 is 19.0 Å². The van der Waals surface area contributed by atoms with Gasteiger partial charge in [0.2, 0.25) is 5.91 Å². The summed E-state index contributed by atoms with van der Waals surface area (Å²) in [6.07, 6.45) is 1.09. The van der Waals surface area contributed by atoms with Crippen LogP contribution in [0.2, 0.25) is 0 Å². The third-order valence-corrected chi connectivity index (χ3v) is 4.68. The van der Waals surface area contributed by atoms with Crippen molar-refractivity contribution in [3.05, 3.63) is 53.6 Å². The van der Waals surface area contributed by atoms with E-state index < -0.39 is 0 Å². The largest absolute Gasteiger partial charge is 0.497 e. The van der Waals surface area contributed by atoms with Crippen molar-refractivity contribution in [1.29, 1.82) is 0 Å². The van der Waals surface area contributed by atoms with Crippen LogP contribution in [-0.4, -0.2) is 26.2 Å². The van der Waals surface area contributed by atoms with Gasteiger partial charge in [0.15, 0.2) is 11.5 Å². The summed E-state index contributed by atoms with van der Waals surface area (Å²) in [7, 11) is 1.65. The van der Waals surface area contributed by atoms with E-state index in [2.05, 4.69) is 19.2 Å². The fourth-order valence-electron chi connectivity index (χ4n) is 3.23. The zero-order valence-electron chi connectivity index (χ0n) is 18.2. The minimum atomic E-state index is -0.0947. The predicted molar refractivity (Wildman–Crippen MR) is 116 cm³/mol. The van der Waals surface area contributed by atoms with E-state index in [1.54, 1.807) is 7.11 Å². The van der Waals surface area contributed by atoms with Crippen LogP contribution in [0.3, 0.4) is 0 Å². The number of benzene rings is 2. The van der Waals surface area contributed by atoms with Crippen molar-refractivity contribution in [2.45, 2.75) is 46.6 Å². The van der Waals surface area contributed by atoms with E-state index in [1.807, 2.05) is 56.3 Å². The van der Waals surface area contributed by atoms with Crippen LogP contribution in [0.1, 0.15) is 51.3 Å². The van der Waals surface area contributed by atoms with Crippen LogP contribution in [-0.2, 0) is 11.2 Å². The monoisotopic (exact) mass is 399 g/mol. The van der Waals surface area contributed by atoms with E-state index in [9.17, 15) is 4.79 Å². The minimum Gasteiger partial charge on any atom is -0.497 e. The lowest BCUT2D eigenvalue weighted by Crippen LogP contribution is -2.32. The number of hydrogen-bond acceptors (Lipinski definition) is 4. The summed E-state index contributed by atoms with van der Waals surface area (Å²) in [5.41, 5.74) is 2.10. The Hall–Kier alpha value is -2.69.